The number of hydrogen-bond acceptors (Lipinski definition) is 11. The average molecular weight is 1640 g/mol. The summed E-state index contributed by atoms with van der Waals surface area (Å²) in [5.41, 5.74) is 14.6. The summed E-state index contributed by atoms with van der Waals surface area (Å²) in [5, 5.41) is 1.44. The van der Waals surface area contributed by atoms with Gasteiger partial charge in [-0.2, -0.15) is 0 Å². The molecule has 4 saturated heterocycles. The van der Waals surface area contributed by atoms with Gasteiger partial charge in [-0.3, -0.25) is 0 Å². The van der Waals surface area contributed by atoms with Gasteiger partial charge in [0.15, 0.2) is 0 Å². The Bertz CT molecular complexity index is 3200. The second-order valence-corrected chi connectivity index (χ2v) is 32.2. The van der Waals surface area contributed by atoms with Crippen LogP contribution < -0.4 is 21.9 Å². The monoisotopic (exact) mass is 1640 g/mol. The molecule has 0 amide bonds. The normalized spacial score (nSPS) is 19.3. The van der Waals surface area contributed by atoms with Crippen molar-refractivity contribution in [2.75, 3.05) is 21.1 Å². The van der Waals surface area contributed by atoms with Crippen molar-refractivity contribution < 1.29 is 37.2 Å². The summed E-state index contributed by atoms with van der Waals surface area (Å²) < 4.78 is 56.6. The number of nitrogens with zero attached hydrogens (tertiary/aromatic N) is 2. The van der Waals surface area contributed by atoms with Crippen molar-refractivity contribution in [3.63, 3.8) is 0 Å². The molecule has 89 heavy (non-hydrogen) atoms. The van der Waals surface area contributed by atoms with Gasteiger partial charge in [0, 0.05) is 22.3 Å². The van der Waals surface area contributed by atoms with Crippen molar-refractivity contribution in [1.82, 2.24) is 4.90 Å². The van der Waals surface area contributed by atoms with Crippen LogP contribution in [0.5, 0.6) is 0 Å². The van der Waals surface area contributed by atoms with E-state index in [1.807, 2.05) is 26.0 Å². The van der Waals surface area contributed by atoms with Gasteiger partial charge in [0.05, 0.1) is 44.8 Å². The number of benzene rings is 6. The standard InChI is InChI=1S/C26H34B2Br2O4.C26H36B2O4.C13H9BrI2.C3H9N.BHNS/c1-23(2)24(3,4)32-27(31-23)21-11-9-17(13-19(21)15-29)18-10-12-22(20(14-18)16-30)28-33-25(5,6)26(7,8)34-28;1-17-15-19(11-13-21(17)27-29-23(3,4)24(5,6)30-27)20-12-14-22(18(2)16-20)28-31-25(7,8)26(9,10)32-28;1-8-6-9(2-4-12(8)15)10-3-5-13(16)11(14)7-10;1-4(2)3;1-2-3/h9-14H,15-16H2,1-8H3;11-16H,1-10H3;2-7H,1H3;1-3H3;3H. The molecular weight excluding hydrogens is 1550 g/mol. The fraction of sp³-hybridized carbons (Fsp3) is 0.471. The third-order valence-electron chi connectivity index (χ3n) is 18.2. The van der Waals surface area contributed by atoms with Crippen molar-refractivity contribution in [2.24, 2.45) is 4.30 Å². The second kappa shape index (κ2) is 30.2. The molecule has 21 heteroatoms. The van der Waals surface area contributed by atoms with Gasteiger partial charge in [-0.05, 0) is 304 Å². The Labute approximate surface area is 594 Å². The fourth-order valence-electron chi connectivity index (χ4n) is 9.88. The van der Waals surface area contributed by atoms with Gasteiger partial charge >= 0.3 is 53.2 Å². The van der Waals surface area contributed by atoms with Gasteiger partial charge in [-0.1, -0.05) is 134 Å². The Balaban J connectivity index is 0.000000212. The first-order valence-electron chi connectivity index (χ1n) is 30.0. The molecule has 6 aromatic rings. The van der Waals surface area contributed by atoms with E-state index in [0.717, 1.165) is 70.4 Å². The van der Waals surface area contributed by atoms with Gasteiger partial charge in [-0.25, -0.2) is 0 Å². The number of alkyl halides is 2. The van der Waals surface area contributed by atoms with Crippen LogP contribution in [0.3, 0.4) is 0 Å². The van der Waals surface area contributed by atoms with Crippen LogP contribution in [0.2, 0.25) is 0 Å². The van der Waals surface area contributed by atoms with Gasteiger partial charge in [0.2, 0.25) is 0 Å². The maximum atomic E-state index is 6.30. The summed E-state index contributed by atoms with van der Waals surface area (Å²) >= 11 is 18.8. The maximum absolute atomic E-state index is 6.30. The van der Waals surface area contributed by atoms with Gasteiger partial charge in [0.1, 0.15) is 0 Å². The SMILES string of the molecule is CC1(C)OB(c2ccc(-c3ccc(B4OC(C)(C)C(C)(C)O4)c(CBr)c3)cc2CBr)OC1(C)C.CN(C)C.Cc1cc(-c2ccc(B3OC(C)(C)C(C)(C)O3)c(C)c2)ccc1B1OC(C)(C)C(C)(C)O1.Cc1cc(-c2ccc(I)c(Br)c2)ccc1I.[B]=NS. The summed E-state index contributed by atoms with van der Waals surface area (Å²) in [4.78, 5) is 2.00. The molecule has 0 bridgehead atoms. The molecule has 4 heterocycles. The molecule has 0 aromatic heterocycles. The minimum atomic E-state index is -0.379. The van der Waals surface area contributed by atoms with E-state index in [-0.39, 0.29) is 73.3 Å². The van der Waals surface area contributed by atoms with Crippen LogP contribution in [0, 0.1) is 27.9 Å². The summed E-state index contributed by atoms with van der Waals surface area (Å²) in [7, 11) is 8.89. The molecule has 4 aliphatic rings. The van der Waals surface area contributed by atoms with Crippen molar-refractivity contribution in [3.05, 3.63) is 149 Å². The predicted molar refractivity (Wildman–Crippen MR) is 408 cm³/mol. The Morgan fingerprint density at radius 1 is 0.393 bits per heavy atom. The van der Waals surface area contributed by atoms with E-state index in [2.05, 4.69) is 358 Å². The van der Waals surface area contributed by atoms with E-state index in [1.165, 1.54) is 35.0 Å². The third kappa shape index (κ3) is 18.1. The molecule has 0 spiro atoms. The van der Waals surface area contributed by atoms with Crippen LogP contribution >= 0.6 is 106 Å². The first kappa shape index (κ1) is 76.4. The zero-order chi connectivity index (χ0) is 66.8. The molecule has 0 atom stereocenters. The molecule has 1 radical (unpaired) electrons. The number of thiol groups is 1. The summed E-state index contributed by atoms with van der Waals surface area (Å²) in [5.74, 6) is 0. The third-order valence-corrected chi connectivity index (χ3v) is 23.0. The van der Waals surface area contributed by atoms with E-state index in [9.17, 15) is 0 Å². The number of aryl methyl sites for hydroxylation is 3. The topological polar surface area (TPSA) is 89.4 Å². The fourth-order valence-corrected chi connectivity index (χ4v) is 11.9. The second-order valence-electron chi connectivity index (χ2n) is 27.6. The quantitative estimate of drug-likeness (QED) is 0.0658. The van der Waals surface area contributed by atoms with Gasteiger partial charge in [0.25, 0.3) is 0 Å². The molecule has 4 aliphatic heterocycles. The Kier molecular flexibility index (Phi) is 25.9. The Morgan fingerprint density at radius 2 is 0.607 bits per heavy atom. The first-order valence-corrected chi connectivity index (χ1v) is 35.6. The minimum absolute atomic E-state index is 0.344. The van der Waals surface area contributed by atoms with E-state index < -0.39 is 0 Å². The molecule has 10 nitrogen and oxygen atoms in total. The van der Waals surface area contributed by atoms with Crippen molar-refractivity contribution in [3.8, 4) is 33.4 Å². The molecule has 0 aliphatic carbocycles. The van der Waals surface area contributed by atoms with E-state index >= 15 is 0 Å². The Hall–Kier alpha value is -1.67. The van der Waals surface area contributed by atoms with Crippen molar-refractivity contribution in [1.29, 1.82) is 0 Å². The molecule has 4 fully saturated rings. The number of hydrogen-bond donors (Lipinski definition) is 1. The molecule has 0 unspecified atom stereocenters. The number of halogens is 5. The zero-order valence-corrected chi connectivity index (χ0v) is 66.2. The van der Waals surface area contributed by atoms with E-state index in [0.29, 0.717) is 0 Å². The van der Waals surface area contributed by atoms with Gasteiger partial charge < -0.3 is 42.1 Å². The van der Waals surface area contributed by atoms with Crippen LogP contribution in [0.4, 0.5) is 0 Å². The first-order chi connectivity index (χ1) is 41.1. The predicted octanol–water partition coefficient (Wildman–Crippen LogP) is 16.3. The summed E-state index contributed by atoms with van der Waals surface area (Å²) in [6.07, 6.45) is 0. The van der Waals surface area contributed by atoms with Crippen LogP contribution in [-0.4, -0.2) is 107 Å². The summed E-state index contributed by atoms with van der Waals surface area (Å²) in [6, 6.07) is 39.0. The van der Waals surface area contributed by atoms with Gasteiger partial charge in [-0.15, -0.1) is 0 Å². The number of rotatable bonds is 9. The van der Waals surface area contributed by atoms with Crippen molar-refractivity contribution >= 4 is 164 Å². The average Bonchev–Trinajstić information content (AvgIpc) is 1.69. The van der Waals surface area contributed by atoms with Crippen LogP contribution in [0.1, 0.15) is 139 Å². The van der Waals surface area contributed by atoms with E-state index in [4.69, 9.17) is 37.2 Å². The van der Waals surface area contributed by atoms with Crippen LogP contribution in [-0.2, 0) is 47.9 Å². The molecule has 0 N–H and O–H groups in total. The van der Waals surface area contributed by atoms with Crippen LogP contribution in [0.15, 0.2) is 118 Å². The molecule has 6 aromatic carbocycles. The molecule has 0 saturated carbocycles. The van der Waals surface area contributed by atoms with E-state index in [1.54, 1.807) is 0 Å². The Morgan fingerprint density at radius 3 is 0.854 bits per heavy atom. The van der Waals surface area contributed by atoms with Crippen LogP contribution in [0.25, 0.3) is 33.4 Å². The zero-order valence-electron chi connectivity index (χ0n) is 56.2. The summed E-state index contributed by atoms with van der Waals surface area (Å²) in [6.45, 7) is 39.7. The molecular formula is C68H89B5Br3I2N2O8S. The molecule has 475 valence electrons. The molecule has 10 rings (SSSR count). The van der Waals surface area contributed by atoms with Crippen molar-refractivity contribution in [2.45, 2.75) is 187 Å².